The van der Waals surface area contributed by atoms with Gasteiger partial charge >= 0.3 is 6.18 Å². The zero-order valence-corrected chi connectivity index (χ0v) is 17.1. The first-order valence-corrected chi connectivity index (χ1v) is 8.70. The van der Waals surface area contributed by atoms with Crippen molar-refractivity contribution >= 4 is 50.7 Å². The average Bonchev–Trinajstić information content (AvgIpc) is 2.67. The normalized spacial score (nSPS) is 14.8. The molecule has 0 fully saturated rings. The first kappa shape index (κ1) is 25.1. The van der Waals surface area contributed by atoms with Crippen LogP contribution in [-0.4, -0.2) is 17.7 Å². The van der Waals surface area contributed by atoms with Gasteiger partial charge in [-0.25, -0.2) is 4.39 Å². The molecule has 2 rings (SSSR count). The van der Waals surface area contributed by atoms with E-state index in [2.05, 4.69) is 26.0 Å². The number of nitrogens with zero attached hydrogens (tertiary/aromatic N) is 5. The molecule has 7 nitrogen and oxygen atoms in total. The molecule has 0 saturated heterocycles. The number of hydrogen-bond donors (Lipinski definition) is 0. The second kappa shape index (κ2) is 10.2. The lowest BCUT2D eigenvalue weighted by Gasteiger charge is -2.16. The molecule has 154 valence electrons. The van der Waals surface area contributed by atoms with Gasteiger partial charge in [0.1, 0.15) is 39.2 Å². The number of ketones is 2. The monoisotopic (exact) mass is 523 g/mol. The van der Waals surface area contributed by atoms with Crippen molar-refractivity contribution in [3.63, 3.8) is 0 Å². The third-order valence-electron chi connectivity index (χ3n) is 3.25. The van der Waals surface area contributed by atoms with Gasteiger partial charge in [0.05, 0.1) is 0 Å². The number of alkyl halides is 3. The van der Waals surface area contributed by atoms with Crippen LogP contribution < -0.4 is 0 Å². The first-order valence-electron chi connectivity index (χ1n) is 7.15. The van der Waals surface area contributed by atoms with Crippen molar-refractivity contribution in [2.75, 3.05) is 0 Å². The smallest absolute Gasteiger partial charge is 0.287 e. The van der Waals surface area contributed by atoms with Crippen LogP contribution in [0.15, 0.2) is 49.0 Å². The standard InChI is InChI=1S/C8H4BrF4N3.C8Cl2N2O2/c9-6-3-4(10)1-2-5(6)7(15-16-14)8(11,12)13;9-5-6(10)8(14)4(2-12)3(1-11)7(5)13/h1-3,7H;. The Morgan fingerprint density at radius 3 is 1.90 bits per heavy atom. The van der Waals surface area contributed by atoms with E-state index in [-0.39, 0.29) is 10.0 Å². The van der Waals surface area contributed by atoms with Crippen molar-refractivity contribution in [1.82, 2.24) is 0 Å². The topological polar surface area (TPSA) is 130 Å². The Morgan fingerprint density at radius 2 is 1.57 bits per heavy atom. The van der Waals surface area contributed by atoms with Crippen LogP contribution in [0.25, 0.3) is 10.4 Å². The van der Waals surface area contributed by atoms with Gasteiger partial charge in [-0.05, 0) is 23.2 Å². The summed E-state index contributed by atoms with van der Waals surface area (Å²) in [6.07, 6.45) is -4.72. The molecule has 1 unspecified atom stereocenters. The van der Waals surface area contributed by atoms with Crippen LogP contribution in [0.4, 0.5) is 17.6 Å². The second-order valence-electron chi connectivity index (χ2n) is 5.07. The van der Waals surface area contributed by atoms with Gasteiger partial charge in [-0.1, -0.05) is 50.3 Å². The Morgan fingerprint density at radius 1 is 1.10 bits per heavy atom. The van der Waals surface area contributed by atoms with E-state index in [0.717, 1.165) is 18.2 Å². The lowest BCUT2D eigenvalue weighted by Crippen LogP contribution is -2.19. The maximum atomic E-state index is 12.7. The van der Waals surface area contributed by atoms with E-state index in [1.54, 1.807) is 0 Å². The minimum Gasteiger partial charge on any atom is -0.287 e. The summed E-state index contributed by atoms with van der Waals surface area (Å²) in [6.45, 7) is 0. The van der Waals surface area contributed by atoms with Gasteiger partial charge in [-0.2, -0.15) is 23.7 Å². The van der Waals surface area contributed by atoms with Gasteiger partial charge in [0.2, 0.25) is 11.6 Å². The Bertz CT molecular complexity index is 1070. The molecule has 30 heavy (non-hydrogen) atoms. The molecule has 1 aliphatic carbocycles. The fourth-order valence-electron chi connectivity index (χ4n) is 1.94. The van der Waals surface area contributed by atoms with Crippen LogP contribution in [0.1, 0.15) is 11.6 Å². The Kier molecular flexibility index (Phi) is 8.58. The summed E-state index contributed by atoms with van der Waals surface area (Å²) in [5.41, 5.74) is 6.62. The molecule has 0 spiro atoms. The highest BCUT2D eigenvalue weighted by molar-refractivity contribution is 9.10. The number of nitriles is 2. The van der Waals surface area contributed by atoms with Gasteiger partial charge < -0.3 is 0 Å². The van der Waals surface area contributed by atoms with Crippen molar-refractivity contribution in [1.29, 1.82) is 10.5 Å². The number of carbonyl (C=O) groups is 2. The predicted octanol–water partition coefficient (Wildman–Crippen LogP) is 5.67. The van der Waals surface area contributed by atoms with E-state index in [1.807, 2.05) is 0 Å². The quantitative estimate of drug-likeness (QED) is 0.162. The van der Waals surface area contributed by atoms with Crippen LogP contribution in [0.5, 0.6) is 0 Å². The van der Waals surface area contributed by atoms with Crippen LogP contribution >= 0.6 is 39.1 Å². The number of allylic oxidation sites excluding steroid dienone is 4. The lowest BCUT2D eigenvalue weighted by molar-refractivity contribution is -0.149. The molecule has 1 aromatic rings. The van der Waals surface area contributed by atoms with Crippen molar-refractivity contribution in [3.8, 4) is 12.1 Å². The Balaban J connectivity index is 0.000000303. The fraction of sp³-hybridized carbons (Fsp3) is 0.125. The maximum Gasteiger partial charge on any atom is 0.401 e. The van der Waals surface area contributed by atoms with E-state index >= 15 is 0 Å². The molecular formula is C16H4BrCl2F4N5O2. The zero-order chi connectivity index (χ0) is 23.2. The summed E-state index contributed by atoms with van der Waals surface area (Å²) in [5.74, 6) is -2.47. The fourth-order valence-corrected chi connectivity index (χ4v) is 2.87. The maximum absolute atomic E-state index is 12.7. The van der Waals surface area contributed by atoms with E-state index < -0.39 is 50.8 Å². The molecule has 1 aromatic carbocycles. The molecule has 0 aromatic heterocycles. The van der Waals surface area contributed by atoms with Crippen molar-refractivity contribution in [2.24, 2.45) is 5.11 Å². The molecule has 14 heteroatoms. The molecule has 0 N–H and O–H groups in total. The minimum absolute atomic E-state index is 0.0952. The molecular weight excluding hydrogens is 521 g/mol. The van der Waals surface area contributed by atoms with Crippen LogP contribution in [-0.2, 0) is 9.59 Å². The third-order valence-corrected chi connectivity index (χ3v) is 4.76. The SMILES string of the molecule is N#CC1=C(C#N)C(=O)C(Cl)=C(Cl)C1=O.[N-]=[N+]=NC(c1ccc(F)cc1Br)C(F)(F)F. The van der Waals surface area contributed by atoms with Crippen LogP contribution in [0.3, 0.4) is 0 Å². The number of rotatable bonds is 2. The number of benzene rings is 1. The van der Waals surface area contributed by atoms with Crippen molar-refractivity contribution in [3.05, 3.63) is 65.7 Å². The number of Topliss-reactive ketones (excluding diaryl/α,β-unsaturated/α-hetero) is 2. The van der Waals surface area contributed by atoms with E-state index in [1.165, 1.54) is 12.1 Å². The molecule has 0 heterocycles. The summed E-state index contributed by atoms with van der Waals surface area (Å²) in [5, 5.41) is 18.7. The molecule has 0 radical (unpaired) electrons. The van der Waals surface area contributed by atoms with E-state index in [0.29, 0.717) is 0 Å². The summed E-state index contributed by atoms with van der Waals surface area (Å²) in [6, 6.07) is 3.23. The van der Waals surface area contributed by atoms with Crippen LogP contribution in [0.2, 0.25) is 0 Å². The molecule has 0 bridgehead atoms. The van der Waals surface area contributed by atoms with Gasteiger partial charge in [-0.15, -0.1) is 0 Å². The molecule has 0 amide bonds. The molecule has 1 aliphatic rings. The van der Waals surface area contributed by atoms with Gasteiger partial charge in [-0.3, -0.25) is 9.59 Å². The predicted molar refractivity (Wildman–Crippen MR) is 99.0 cm³/mol. The molecule has 0 aliphatic heterocycles. The van der Waals surface area contributed by atoms with Crippen molar-refractivity contribution in [2.45, 2.75) is 12.2 Å². The highest BCUT2D eigenvalue weighted by Crippen LogP contribution is 2.39. The first-order chi connectivity index (χ1) is 13.9. The third kappa shape index (κ3) is 5.59. The van der Waals surface area contributed by atoms with Gasteiger partial charge in [0, 0.05) is 9.38 Å². The summed E-state index contributed by atoms with van der Waals surface area (Å²) < 4.78 is 50.1. The highest BCUT2D eigenvalue weighted by atomic mass is 79.9. The summed E-state index contributed by atoms with van der Waals surface area (Å²) >= 11 is 13.6. The summed E-state index contributed by atoms with van der Waals surface area (Å²) in [4.78, 5) is 24.6. The summed E-state index contributed by atoms with van der Waals surface area (Å²) in [7, 11) is 0. The largest absolute Gasteiger partial charge is 0.401 e. The number of azide groups is 1. The second-order valence-corrected chi connectivity index (χ2v) is 6.68. The number of hydrogen-bond acceptors (Lipinski definition) is 5. The minimum atomic E-state index is -4.72. The zero-order valence-electron chi connectivity index (χ0n) is 14.0. The van der Waals surface area contributed by atoms with Crippen LogP contribution in [0, 0.1) is 28.5 Å². The lowest BCUT2D eigenvalue weighted by atomic mass is 9.96. The van der Waals surface area contributed by atoms with E-state index in [4.69, 9.17) is 39.3 Å². The number of carbonyl (C=O) groups excluding carboxylic acids is 2. The Hall–Kier alpha value is -2.89. The Labute approximate surface area is 183 Å². The van der Waals surface area contributed by atoms with E-state index in [9.17, 15) is 27.2 Å². The molecule has 0 saturated carbocycles. The average molecular weight is 525 g/mol. The van der Waals surface area contributed by atoms with Gasteiger partial charge in [0.15, 0.2) is 6.04 Å². The highest BCUT2D eigenvalue weighted by Gasteiger charge is 2.41. The van der Waals surface area contributed by atoms with Gasteiger partial charge in [0.25, 0.3) is 0 Å². The number of halogens is 7. The van der Waals surface area contributed by atoms with Crippen molar-refractivity contribution < 1.29 is 27.2 Å². The molecule has 1 atom stereocenters.